The van der Waals surface area contributed by atoms with Gasteiger partial charge in [-0.15, -0.1) is 0 Å². The first-order valence-electron chi connectivity index (χ1n) is 11.0. The van der Waals surface area contributed by atoms with Crippen LogP contribution in [0.25, 0.3) is 10.9 Å². The number of nitrogens with one attached hydrogen (secondary N) is 2. The molecule has 0 radical (unpaired) electrons. The predicted molar refractivity (Wildman–Crippen MR) is 127 cm³/mol. The number of fused-ring (bicyclic) bond motifs is 1. The van der Waals surface area contributed by atoms with Gasteiger partial charge < -0.3 is 15.0 Å². The van der Waals surface area contributed by atoms with Crippen LogP contribution >= 0.6 is 0 Å². The summed E-state index contributed by atoms with van der Waals surface area (Å²) in [4.78, 5) is 28.3. The number of anilines is 1. The Morgan fingerprint density at radius 1 is 1.06 bits per heavy atom. The number of sulfonamides is 1. The van der Waals surface area contributed by atoms with Crippen molar-refractivity contribution in [2.75, 3.05) is 18.4 Å². The van der Waals surface area contributed by atoms with E-state index in [1.54, 1.807) is 18.2 Å². The third-order valence-electron chi connectivity index (χ3n) is 5.51. The fraction of sp³-hybridized carbons (Fsp3) is 0.333. The van der Waals surface area contributed by atoms with Gasteiger partial charge >= 0.3 is 0 Å². The number of hydrogen-bond donors (Lipinski definition) is 2. The van der Waals surface area contributed by atoms with Crippen molar-refractivity contribution in [3.63, 3.8) is 0 Å². The van der Waals surface area contributed by atoms with Gasteiger partial charge in [0.2, 0.25) is 10.0 Å². The molecule has 0 saturated carbocycles. The summed E-state index contributed by atoms with van der Waals surface area (Å²) in [6.45, 7) is 4.61. The molecule has 8 nitrogen and oxygen atoms in total. The number of H-pyrrole nitrogens is 1. The van der Waals surface area contributed by atoms with Crippen molar-refractivity contribution in [3.8, 4) is 5.75 Å². The van der Waals surface area contributed by atoms with Gasteiger partial charge in [0, 0.05) is 18.6 Å². The van der Waals surface area contributed by atoms with E-state index in [1.165, 1.54) is 28.6 Å². The lowest BCUT2D eigenvalue weighted by atomic mass is 10.1. The average Bonchev–Trinajstić information content (AvgIpc) is 2.79. The van der Waals surface area contributed by atoms with E-state index in [9.17, 15) is 18.0 Å². The van der Waals surface area contributed by atoms with Gasteiger partial charge in [-0.2, -0.15) is 4.31 Å². The zero-order valence-corrected chi connectivity index (χ0v) is 19.4. The predicted octanol–water partition coefficient (Wildman–Crippen LogP) is 3.74. The summed E-state index contributed by atoms with van der Waals surface area (Å²) in [5.41, 5.74) is 0.208. The number of aromatic nitrogens is 1. The van der Waals surface area contributed by atoms with Crippen LogP contribution in [0.15, 0.2) is 58.2 Å². The fourth-order valence-corrected chi connectivity index (χ4v) is 5.43. The minimum Gasteiger partial charge on any atom is -0.489 e. The number of aromatic amines is 1. The molecule has 0 bridgehead atoms. The standard InChI is InChI=1S/C24H27N3O5S/c1-16(2)32-22-11-10-18(33(30,31)27-12-6-3-7-13-27)15-21(22)26-24(29)19-14-17-8-4-5-9-20(17)25-23(19)28/h4-5,8-11,14-16H,3,6-7,12-13H2,1-2H3,(H,25,28)(H,26,29). The van der Waals surface area contributed by atoms with Crippen LogP contribution in [0.3, 0.4) is 0 Å². The smallest absolute Gasteiger partial charge is 0.261 e. The van der Waals surface area contributed by atoms with Crippen LogP contribution in [-0.4, -0.2) is 42.8 Å². The molecule has 0 spiro atoms. The minimum absolute atomic E-state index is 0.0724. The third-order valence-corrected chi connectivity index (χ3v) is 7.41. The largest absolute Gasteiger partial charge is 0.489 e. The highest BCUT2D eigenvalue weighted by Crippen LogP contribution is 2.31. The SMILES string of the molecule is CC(C)Oc1ccc(S(=O)(=O)N2CCCCC2)cc1NC(=O)c1cc2ccccc2[nH]c1=O. The van der Waals surface area contributed by atoms with Crippen LogP contribution in [0, 0.1) is 0 Å². The van der Waals surface area contributed by atoms with Crippen molar-refractivity contribution in [2.24, 2.45) is 0 Å². The Hall–Kier alpha value is -3.17. The quantitative estimate of drug-likeness (QED) is 0.572. The molecule has 4 rings (SSSR count). The summed E-state index contributed by atoms with van der Waals surface area (Å²) < 4.78 is 33.5. The number of piperidine rings is 1. The molecule has 174 valence electrons. The van der Waals surface area contributed by atoms with Crippen LogP contribution in [0.1, 0.15) is 43.5 Å². The van der Waals surface area contributed by atoms with Crippen LogP contribution < -0.4 is 15.6 Å². The number of ether oxygens (including phenoxy) is 1. The lowest BCUT2D eigenvalue weighted by Crippen LogP contribution is -2.35. The first-order chi connectivity index (χ1) is 15.8. The molecular weight excluding hydrogens is 442 g/mol. The first kappa shape index (κ1) is 23.0. The molecule has 33 heavy (non-hydrogen) atoms. The van der Waals surface area contributed by atoms with Gasteiger partial charge in [-0.3, -0.25) is 9.59 Å². The average molecular weight is 470 g/mol. The maximum Gasteiger partial charge on any atom is 0.261 e. The summed E-state index contributed by atoms with van der Waals surface area (Å²) >= 11 is 0. The number of hydrogen-bond acceptors (Lipinski definition) is 5. The Morgan fingerprint density at radius 3 is 2.52 bits per heavy atom. The first-order valence-corrected chi connectivity index (χ1v) is 12.4. The highest BCUT2D eigenvalue weighted by Gasteiger charge is 2.27. The molecule has 1 fully saturated rings. The van der Waals surface area contributed by atoms with Gasteiger partial charge in [0.15, 0.2) is 0 Å². The van der Waals surface area contributed by atoms with Crippen LogP contribution in [0.2, 0.25) is 0 Å². The topological polar surface area (TPSA) is 109 Å². The van der Waals surface area contributed by atoms with Gasteiger partial charge in [-0.05, 0) is 62.4 Å². The van der Waals surface area contributed by atoms with Crippen molar-refractivity contribution < 1.29 is 17.9 Å². The van der Waals surface area contributed by atoms with Gasteiger partial charge in [0.1, 0.15) is 11.3 Å². The second kappa shape index (κ2) is 9.36. The summed E-state index contributed by atoms with van der Waals surface area (Å²) in [7, 11) is -3.71. The number of rotatable bonds is 6. The third kappa shape index (κ3) is 4.94. The fourth-order valence-electron chi connectivity index (χ4n) is 3.88. The molecule has 1 aliphatic rings. The van der Waals surface area contributed by atoms with Crippen LogP contribution in [-0.2, 0) is 10.0 Å². The molecule has 2 N–H and O–H groups in total. The monoisotopic (exact) mass is 469 g/mol. The number of pyridine rings is 1. The maximum absolute atomic E-state index is 13.1. The highest BCUT2D eigenvalue weighted by atomic mass is 32.2. The van der Waals surface area contributed by atoms with Crippen LogP contribution in [0.5, 0.6) is 5.75 Å². The zero-order valence-electron chi connectivity index (χ0n) is 18.6. The molecule has 3 aromatic rings. The molecule has 1 amide bonds. The number of amides is 1. The molecule has 0 aliphatic carbocycles. The van der Waals surface area contributed by atoms with Crippen molar-refractivity contribution in [1.82, 2.24) is 9.29 Å². The molecule has 2 aromatic carbocycles. The van der Waals surface area contributed by atoms with E-state index in [0.717, 1.165) is 19.3 Å². The molecule has 9 heteroatoms. The lowest BCUT2D eigenvalue weighted by Gasteiger charge is -2.26. The Bertz CT molecular complexity index is 1340. The van der Waals surface area contributed by atoms with Crippen molar-refractivity contribution >= 4 is 32.5 Å². The number of para-hydroxylation sites is 1. The molecule has 0 atom stereocenters. The summed E-state index contributed by atoms with van der Waals surface area (Å²) in [6.07, 6.45) is 2.45. The van der Waals surface area contributed by atoms with Gasteiger partial charge in [0.25, 0.3) is 11.5 Å². The molecule has 0 unspecified atom stereocenters. The van der Waals surface area contributed by atoms with E-state index in [0.29, 0.717) is 29.7 Å². The normalized spacial score (nSPS) is 15.0. The number of carbonyl (C=O) groups is 1. The molecule has 1 saturated heterocycles. The van der Waals surface area contributed by atoms with E-state index in [4.69, 9.17) is 4.74 Å². The van der Waals surface area contributed by atoms with Crippen molar-refractivity contribution in [3.05, 3.63) is 64.4 Å². The summed E-state index contributed by atoms with van der Waals surface area (Å²) in [5, 5.41) is 3.40. The summed E-state index contributed by atoms with van der Waals surface area (Å²) in [5.74, 6) is -0.323. The zero-order chi connectivity index (χ0) is 23.6. The van der Waals surface area contributed by atoms with E-state index < -0.39 is 21.5 Å². The van der Waals surface area contributed by atoms with Crippen molar-refractivity contribution in [1.29, 1.82) is 0 Å². The van der Waals surface area contributed by atoms with Crippen molar-refractivity contribution in [2.45, 2.75) is 44.1 Å². The number of benzene rings is 2. The Kier molecular flexibility index (Phi) is 6.53. The highest BCUT2D eigenvalue weighted by molar-refractivity contribution is 7.89. The Balaban J connectivity index is 1.70. The van der Waals surface area contributed by atoms with Gasteiger partial charge in [-0.1, -0.05) is 24.6 Å². The second-order valence-corrected chi connectivity index (χ2v) is 10.3. The molecule has 2 heterocycles. The molecule has 1 aromatic heterocycles. The summed E-state index contributed by atoms with van der Waals surface area (Å²) in [6, 6.07) is 13.1. The minimum atomic E-state index is -3.71. The van der Waals surface area contributed by atoms with Gasteiger partial charge in [0.05, 0.1) is 16.7 Å². The van der Waals surface area contributed by atoms with E-state index in [-0.39, 0.29) is 22.3 Å². The van der Waals surface area contributed by atoms with E-state index in [2.05, 4.69) is 10.3 Å². The number of carbonyl (C=O) groups excluding carboxylic acids is 1. The van der Waals surface area contributed by atoms with Crippen LogP contribution in [0.4, 0.5) is 5.69 Å². The molecular formula is C24H27N3O5S. The second-order valence-electron chi connectivity index (χ2n) is 8.34. The number of nitrogens with zero attached hydrogens (tertiary/aromatic N) is 1. The Morgan fingerprint density at radius 2 is 1.79 bits per heavy atom. The van der Waals surface area contributed by atoms with E-state index in [1.807, 2.05) is 19.9 Å². The lowest BCUT2D eigenvalue weighted by molar-refractivity contribution is 0.102. The maximum atomic E-state index is 13.1. The Labute approximate surface area is 192 Å². The van der Waals surface area contributed by atoms with E-state index >= 15 is 0 Å². The van der Waals surface area contributed by atoms with Gasteiger partial charge in [-0.25, -0.2) is 8.42 Å². The molecule has 1 aliphatic heterocycles.